The van der Waals surface area contributed by atoms with Gasteiger partial charge in [-0.2, -0.15) is 0 Å². The maximum absolute atomic E-state index is 11.4. The quantitative estimate of drug-likeness (QED) is 0.344. The summed E-state index contributed by atoms with van der Waals surface area (Å²) >= 11 is 0. The molecule has 1 atom stereocenters. The van der Waals surface area contributed by atoms with Crippen molar-refractivity contribution in [1.29, 1.82) is 0 Å². The lowest BCUT2D eigenvalue weighted by molar-refractivity contribution is -0.120. The Morgan fingerprint density at radius 3 is 2.08 bits per heavy atom. The van der Waals surface area contributed by atoms with Gasteiger partial charge >= 0.3 is 0 Å². The Kier molecular flexibility index (Phi) is 12.4. The summed E-state index contributed by atoms with van der Waals surface area (Å²) in [7, 11) is 0. The van der Waals surface area contributed by atoms with Crippen molar-refractivity contribution in [3.05, 3.63) is 35.9 Å². The lowest BCUT2D eigenvalue weighted by Gasteiger charge is -2.17. The maximum Gasteiger partial charge on any atom is 0.132 e. The van der Waals surface area contributed by atoms with Gasteiger partial charge in [0.15, 0.2) is 0 Å². The second kappa shape index (κ2) is 14.2. The van der Waals surface area contributed by atoms with Gasteiger partial charge < -0.3 is 4.74 Å². The van der Waals surface area contributed by atoms with Gasteiger partial charge in [-0.05, 0) is 18.9 Å². The molecule has 0 aliphatic rings. The van der Waals surface area contributed by atoms with E-state index in [0.29, 0.717) is 13.0 Å². The number of benzene rings is 1. The molecule has 0 aliphatic heterocycles. The molecule has 0 aromatic heterocycles. The first-order valence-corrected chi connectivity index (χ1v) is 9.87. The predicted molar refractivity (Wildman–Crippen MR) is 102 cm³/mol. The van der Waals surface area contributed by atoms with E-state index in [0.717, 1.165) is 6.42 Å². The van der Waals surface area contributed by atoms with Crippen LogP contribution >= 0.6 is 0 Å². The van der Waals surface area contributed by atoms with Crippen LogP contribution in [-0.4, -0.2) is 11.9 Å². The van der Waals surface area contributed by atoms with Crippen LogP contribution in [0.2, 0.25) is 0 Å². The van der Waals surface area contributed by atoms with Crippen molar-refractivity contribution in [3.8, 4) is 0 Å². The van der Waals surface area contributed by atoms with Crippen molar-refractivity contribution >= 4 is 5.78 Å². The standard InChI is InChI=1S/C22H36O2/c1-3-4-5-6-7-8-9-10-14-17-22(18-20(2)23)24-19-21-15-12-11-13-16-21/h11-13,15-16,22H,3-10,14,17-19H2,1-2H3. The van der Waals surface area contributed by atoms with Crippen LogP contribution in [0, 0.1) is 0 Å². The molecule has 0 spiro atoms. The van der Waals surface area contributed by atoms with Crippen molar-refractivity contribution in [2.75, 3.05) is 0 Å². The lowest BCUT2D eigenvalue weighted by atomic mass is 10.0. The highest BCUT2D eigenvalue weighted by Gasteiger charge is 2.12. The van der Waals surface area contributed by atoms with Gasteiger partial charge in [-0.15, -0.1) is 0 Å². The van der Waals surface area contributed by atoms with Crippen LogP contribution in [-0.2, 0) is 16.1 Å². The van der Waals surface area contributed by atoms with E-state index in [-0.39, 0.29) is 11.9 Å². The molecule has 1 aromatic carbocycles. The van der Waals surface area contributed by atoms with Gasteiger partial charge in [-0.3, -0.25) is 4.79 Å². The fourth-order valence-corrected chi connectivity index (χ4v) is 3.04. The third-order valence-corrected chi connectivity index (χ3v) is 4.47. The Balaban J connectivity index is 2.13. The average Bonchev–Trinajstić information content (AvgIpc) is 2.58. The fourth-order valence-electron chi connectivity index (χ4n) is 3.04. The topological polar surface area (TPSA) is 26.3 Å². The highest BCUT2D eigenvalue weighted by molar-refractivity contribution is 5.75. The molecular weight excluding hydrogens is 296 g/mol. The number of hydrogen-bond donors (Lipinski definition) is 0. The molecule has 1 aromatic rings. The summed E-state index contributed by atoms with van der Waals surface area (Å²) in [5.41, 5.74) is 1.18. The third-order valence-electron chi connectivity index (χ3n) is 4.47. The highest BCUT2D eigenvalue weighted by atomic mass is 16.5. The number of carbonyl (C=O) groups excluding carboxylic acids is 1. The van der Waals surface area contributed by atoms with E-state index in [2.05, 4.69) is 19.1 Å². The Morgan fingerprint density at radius 2 is 1.50 bits per heavy atom. The molecule has 0 amide bonds. The summed E-state index contributed by atoms with van der Waals surface area (Å²) in [5, 5.41) is 0. The first-order valence-electron chi connectivity index (χ1n) is 9.87. The summed E-state index contributed by atoms with van der Waals surface area (Å²) in [5.74, 6) is 0.226. The summed E-state index contributed by atoms with van der Waals surface area (Å²) < 4.78 is 5.99. The molecular formula is C22H36O2. The molecule has 1 rings (SSSR count). The second-order valence-electron chi connectivity index (χ2n) is 6.94. The fraction of sp³-hybridized carbons (Fsp3) is 0.682. The van der Waals surface area contributed by atoms with Gasteiger partial charge in [0, 0.05) is 6.42 Å². The SMILES string of the molecule is CCCCCCCCCCCC(CC(C)=O)OCc1ccccc1. The third kappa shape index (κ3) is 11.4. The Morgan fingerprint density at radius 1 is 0.917 bits per heavy atom. The molecule has 0 saturated heterocycles. The van der Waals surface area contributed by atoms with Gasteiger partial charge in [0.25, 0.3) is 0 Å². The minimum atomic E-state index is 0.0762. The molecule has 1 unspecified atom stereocenters. The van der Waals surface area contributed by atoms with Crippen LogP contribution in [0.15, 0.2) is 30.3 Å². The zero-order chi connectivity index (χ0) is 17.5. The number of carbonyl (C=O) groups is 1. The van der Waals surface area contributed by atoms with Crippen LogP contribution in [0.5, 0.6) is 0 Å². The van der Waals surface area contributed by atoms with Crippen molar-refractivity contribution in [1.82, 2.24) is 0 Å². The van der Waals surface area contributed by atoms with Gasteiger partial charge in [-0.1, -0.05) is 95.0 Å². The van der Waals surface area contributed by atoms with E-state index >= 15 is 0 Å². The molecule has 24 heavy (non-hydrogen) atoms. The Labute approximate surface area is 149 Å². The van der Waals surface area contributed by atoms with E-state index in [4.69, 9.17) is 4.74 Å². The number of unbranched alkanes of at least 4 members (excludes halogenated alkanes) is 8. The van der Waals surface area contributed by atoms with Gasteiger partial charge in [0.2, 0.25) is 0 Å². The monoisotopic (exact) mass is 332 g/mol. The molecule has 0 heterocycles. The van der Waals surface area contributed by atoms with Crippen LogP contribution < -0.4 is 0 Å². The summed E-state index contributed by atoms with van der Waals surface area (Å²) in [6.07, 6.45) is 13.6. The van der Waals surface area contributed by atoms with E-state index < -0.39 is 0 Å². The van der Waals surface area contributed by atoms with Crippen LogP contribution in [0.3, 0.4) is 0 Å². The molecule has 0 aliphatic carbocycles. The first kappa shape index (κ1) is 20.9. The van der Waals surface area contributed by atoms with Crippen LogP contribution in [0.25, 0.3) is 0 Å². The zero-order valence-electron chi connectivity index (χ0n) is 15.8. The van der Waals surface area contributed by atoms with Gasteiger partial charge in [0.1, 0.15) is 5.78 Å². The van der Waals surface area contributed by atoms with E-state index in [1.54, 1.807) is 6.92 Å². The molecule has 0 saturated carbocycles. The van der Waals surface area contributed by atoms with E-state index in [1.165, 1.54) is 63.4 Å². The number of rotatable bonds is 15. The largest absolute Gasteiger partial charge is 0.373 e. The zero-order valence-corrected chi connectivity index (χ0v) is 15.8. The molecule has 0 bridgehead atoms. The minimum Gasteiger partial charge on any atom is -0.373 e. The van der Waals surface area contributed by atoms with Crippen molar-refractivity contribution in [2.45, 2.75) is 97.2 Å². The summed E-state index contributed by atoms with van der Waals surface area (Å²) in [4.78, 5) is 11.4. The molecule has 2 heteroatoms. The second-order valence-corrected chi connectivity index (χ2v) is 6.94. The number of hydrogen-bond acceptors (Lipinski definition) is 2. The van der Waals surface area contributed by atoms with Crippen molar-refractivity contribution in [3.63, 3.8) is 0 Å². The number of ether oxygens (including phenoxy) is 1. The molecule has 136 valence electrons. The smallest absolute Gasteiger partial charge is 0.132 e. The number of Topliss-reactive ketones (excluding diaryl/α,β-unsaturated/α-hetero) is 1. The number of ketones is 1. The van der Waals surface area contributed by atoms with Crippen molar-refractivity contribution in [2.24, 2.45) is 0 Å². The predicted octanol–water partition coefficient (Wildman–Crippen LogP) is 6.47. The normalized spacial score (nSPS) is 12.2. The average molecular weight is 333 g/mol. The lowest BCUT2D eigenvalue weighted by Crippen LogP contribution is -2.16. The summed E-state index contributed by atoms with van der Waals surface area (Å²) in [6, 6.07) is 10.2. The van der Waals surface area contributed by atoms with E-state index in [1.807, 2.05) is 18.2 Å². The molecule has 0 fully saturated rings. The Hall–Kier alpha value is -1.15. The van der Waals surface area contributed by atoms with Crippen molar-refractivity contribution < 1.29 is 9.53 Å². The maximum atomic E-state index is 11.4. The van der Waals surface area contributed by atoms with Crippen LogP contribution in [0.1, 0.15) is 90.0 Å². The van der Waals surface area contributed by atoms with E-state index in [9.17, 15) is 4.79 Å². The van der Waals surface area contributed by atoms with Gasteiger partial charge in [-0.25, -0.2) is 0 Å². The molecule has 0 N–H and O–H groups in total. The molecule has 2 nitrogen and oxygen atoms in total. The summed E-state index contributed by atoms with van der Waals surface area (Å²) in [6.45, 7) is 4.53. The first-order chi connectivity index (χ1) is 11.7. The highest BCUT2D eigenvalue weighted by Crippen LogP contribution is 2.15. The van der Waals surface area contributed by atoms with Gasteiger partial charge in [0.05, 0.1) is 12.7 Å². The minimum absolute atomic E-state index is 0.0762. The Bertz CT molecular complexity index is 413. The molecule has 0 radical (unpaired) electrons. The van der Waals surface area contributed by atoms with Crippen LogP contribution in [0.4, 0.5) is 0 Å².